The van der Waals surface area contributed by atoms with Gasteiger partial charge in [0.05, 0.1) is 12.1 Å². The molecule has 1 aliphatic heterocycles. The highest BCUT2D eigenvalue weighted by Crippen LogP contribution is 2.10. The van der Waals surface area contributed by atoms with Crippen LogP contribution >= 0.6 is 11.6 Å². The zero-order valence-corrected chi connectivity index (χ0v) is 10.0. The molecule has 0 spiro atoms. The van der Waals surface area contributed by atoms with E-state index >= 15 is 0 Å². The van der Waals surface area contributed by atoms with Crippen molar-refractivity contribution in [2.75, 3.05) is 32.7 Å². The lowest BCUT2D eigenvalue weighted by molar-refractivity contribution is 0.120. The van der Waals surface area contributed by atoms with Gasteiger partial charge in [-0.2, -0.15) is 5.26 Å². The Balaban J connectivity index is 2.35. The number of halogens is 1. The summed E-state index contributed by atoms with van der Waals surface area (Å²) in [6, 6.07) is 2.42. The Kier molecular flexibility index (Phi) is 5.10. The molecule has 4 heteroatoms. The van der Waals surface area contributed by atoms with Gasteiger partial charge in [0, 0.05) is 37.8 Å². The molecular weight excluding hydrogens is 210 g/mol. The first kappa shape index (κ1) is 12.5. The first-order chi connectivity index (χ1) is 7.17. The minimum atomic E-state index is 0.0753. The van der Waals surface area contributed by atoms with E-state index in [0.717, 1.165) is 39.1 Å². The average Bonchev–Trinajstić information content (AvgIpc) is 2.21. The third-order valence-electron chi connectivity index (χ3n) is 2.78. The van der Waals surface area contributed by atoms with Crippen molar-refractivity contribution in [3.05, 3.63) is 11.6 Å². The summed E-state index contributed by atoms with van der Waals surface area (Å²) < 4.78 is 0. The van der Waals surface area contributed by atoms with Crippen LogP contribution in [0.15, 0.2) is 11.6 Å². The summed E-state index contributed by atoms with van der Waals surface area (Å²) in [7, 11) is 0. The second-order valence-electron chi connectivity index (χ2n) is 3.88. The summed E-state index contributed by atoms with van der Waals surface area (Å²) in [6.07, 6.45) is 0.902. The molecule has 15 heavy (non-hydrogen) atoms. The van der Waals surface area contributed by atoms with Gasteiger partial charge in [0.2, 0.25) is 0 Å². The lowest BCUT2D eigenvalue weighted by Gasteiger charge is -2.36. The zero-order chi connectivity index (χ0) is 11.3. The van der Waals surface area contributed by atoms with E-state index in [0.29, 0.717) is 5.03 Å². The average molecular weight is 228 g/mol. The smallest absolute Gasteiger partial charge is 0.0976 e. The molecule has 0 amide bonds. The first-order valence-corrected chi connectivity index (χ1v) is 5.74. The van der Waals surface area contributed by atoms with Gasteiger partial charge < -0.3 is 0 Å². The van der Waals surface area contributed by atoms with Gasteiger partial charge in [0.25, 0.3) is 0 Å². The molecule has 0 aromatic heterocycles. The summed E-state index contributed by atoms with van der Waals surface area (Å²) in [4.78, 5) is 4.52. The molecule has 1 unspecified atom stereocenters. The minimum absolute atomic E-state index is 0.0753. The van der Waals surface area contributed by atoms with Crippen LogP contribution in [0.4, 0.5) is 0 Å². The maximum absolute atomic E-state index is 8.95. The van der Waals surface area contributed by atoms with E-state index in [-0.39, 0.29) is 6.04 Å². The highest BCUT2D eigenvalue weighted by atomic mass is 35.5. The van der Waals surface area contributed by atoms with Crippen LogP contribution < -0.4 is 0 Å². The number of hydrogen-bond donors (Lipinski definition) is 0. The molecule has 0 radical (unpaired) electrons. The molecule has 0 saturated carbocycles. The number of nitrogens with zero attached hydrogens (tertiary/aromatic N) is 3. The number of rotatable bonds is 4. The molecule has 1 fully saturated rings. The van der Waals surface area contributed by atoms with E-state index in [4.69, 9.17) is 16.9 Å². The van der Waals surface area contributed by atoms with Gasteiger partial charge in [-0.1, -0.05) is 25.1 Å². The van der Waals surface area contributed by atoms with Crippen LogP contribution in [0, 0.1) is 11.3 Å². The molecule has 0 bridgehead atoms. The lowest BCUT2D eigenvalue weighted by Crippen LogP contribution is -2.49. The summed E-state index contributed by atoms with van der Waals surface area (Å²) in [5.74, 6) is 0. The molecule has 1 saturated heterocycles. The van der Waals surface area contributed by atoms with Crippen molar-refractivity contribution in [1.29, 1.82) is 5.26 Å². The molecule has 0 aromatic carbocycles. The second kappa shape index (κ2) is 6.12. The van der Waals surface area contributed by atoms with Crippen LogP contribution in [0.25, 0.3) is 0 Å². The standard InChI is InChI=1S/C11H18ClN3/c1-3-11(8-13)15-6-4-14(5-7-15)9-10(2)12/h11H,2-7,9H2,1H3. The van der Waals surface area contributed by atoms with Gasteiger partial charge >= 0.3 is 0 Å². The van der Waals surface area contributed by atoms with Gasteiger partial charge in [0.1, 0.15) is 0 Å². The monoisotopic (exact) mass is 227 g/mol. The molecular formula is C11H18ClN3. The van der Waals surface area contributed by atoms with E-state index in [9.17, 15) is 0 Å². The summed E-state index contributed by atoms with van der Waals surface area (Å²) >= 11 is 5.76. The fourth-order valence-electron chi connectivity index (χ4n) is 1.91. The number of piperazine rings is 1. The van der Waals surface area contributed by atoms with Crippen LogP contribution in [-0.4, -0.2) is 48.6 Å². The number of hydrogen-bond acceptors (Lipinski definition) is 3. The minimum Gasteiger partial charge on any atom is -0.296 e. The molecule has 1 aliphatic rings. The Hall–Kier alpha value is -0.560. The van der Waals surface area contributed by atoms with Crippen molar-refractivity contribution in [2.24, 2.45) is 0 Å². The fraction of sp³-hybridized carbons (Fsp3) is 0.727. The maximum atomic E-state index is 8.95. The van der Waals surface area contributed by atoms with Gasteiger partial charge in [-0.15, -0.1) is 0 Å². The summed E-state index contributed by atoms with van der Waals surface area (Å²) in [5, 5.41) is 9.64. The largest absolute Gasteiger partial charge is 0.296 e. The molecule has 3 nitrogen and oxygen atoms in total. The molecule has 0 aliphatic carbocycles. The Morgan fingerprint density at radius 2 is 2.07 bits per heavy atom. The van der Waals surface area contributed by atoms with Crippen molar-refractivity contribution in [2.45, 2.75) is 19.4 Å². The molecule has 84 valence electrons. The molecule has 0 aromatic rings. The van der Waals surface area contributed by atoms with Crippen molar-refractivity contribution in [3.63, 3.8) is 0 Å². The quantitative estimate of drug-likeness (QED) is 0.732. The van der Waals surface area contributed by atoms with Gasteiger partial charge in [0.15, 0.2) is 0 Å². The van der Waals surface area contributed by atoms with E-state index < -0.39 is 0 Å². The van der Waals surface area contributed by atoms with Crippen molar-refractivity contribution in [3.8, 4) is 6.07 Å². The van der Waals surface area contributed by atoms with Crippen molar-refractivity contribution >= 4 is 11.6 Å². The lowest BCUT2D eigenvalue weighted by atomic mass is 10.2. The predicted octanol–water partition coefficient (Wildman–Crippen LogP) is 1.66. The highest BCUT2D eigenvalue weighted by molar-refractivity contribution is 6.29. The van der Waals surface area contributed by atoms with Crippen LogP contribution in [0.5, 0.6) is 0 Å². The van der Waals surface area contributed by atoms with Crippen LogP contribution in [-0.2, 0) is 0 Å². The van der Waals surface area contributed by atoms with Gasteiger partial charge in [-0.25, -0.2) is 0 Å². The zero-order valence-electron chi connectivity index (χ0n) is 9.25. The highest BCUT2D eigenvalue weighted by Gasteiger charge is 2.22. The van der Waals surface area contributed by atoms with Gasteiger partial charge in [-0.3, -0.25) is 9.80 Å². The SMILES string of the molecule is C=C(Cl)CN1CCN(C(C#N)CC)CC1. The molecule has 1 atom stereocenters. The topological polar surface area (TPSA) is 30.3 Å². The summed E-state index contributed by atoms with van der Waals surface area (Å²) in [5.41, 5.74) is 0. The second-order valence-corrected chi connectivity index (χ2v) is 4.42. The van der Waals surface area contributed by atoms with E-state index in [1.165, 1.54) is 0 Å². The maximum Gasteiger partial charge on any atom is 0.0976 e. The third-order valence-corrected chi connectivity index (χ3v) is 2.90. The van der Waals surface area contributed by atoms with Gasteiger partial charge in [-0.05, 0) is 6.42 Å². The molecule has 1 rings (SSSR count). The Bertz CT molecular complexity index is 251. The van der Waals surface area contributed by atoms with Crippen LogP contribution in [0.3, 0.4) is 0 Å². The third kappa shape index (κ3) is 3.83. The van der Waals surface area contributed by atoms with E-state index in [1.807, 2.05) is 0 Å². The van der Waals surface area contributed by atoms with E-state index in [1.54, 1.807) is 0 Å². The van der Waals surface area contributed by atoms with Crippen LogP contribution in [0.2, 0.25) is 0 Å². The summed E-state index contributed by atoms with van der Waals surface area (Å²) in [6.45, 7) is 10.4. The van der Waals surface area contributed by atoms with Crippen LogP contribution in [0.1, 0.15) is 13.3 Å². The predicted molar refractivity (Wildman–Crippen MR) is 62.7 cm³/mol. The van der Waals surface area contributed by atoms with Crippen molar-refractivity contribution in [1.82, 2.24) is 9.80 Å². The fourth-order valence-corrected chi connectivity index (χ4v) is 2.08. The normalized spacial score (nSPS) is 20.9. The Morgan fingerprint density at radius 1 is 1.47 bits per heavy atom. The number of nitriles is 1. The van der Waals surface area contributed by atoms with Crippen molar-refractivity contribution < 1.29 is 0 Å². The molecule has 1 heterocycles. The Morgan fingerprint density at radius 3 is 2.47 bits per heavy atom. The Labute approximate surface area is 96.9 Å². The molecule has 0 N–H and O–H groups in total. The first-order valence-electron chi connectivity index (χ1n) is 5.36. The van der Waals surface area contributed by atoms with E-state index in [2.05, 4.69) is 29.4 Å².